The molecule has 0 fully saturated rings. The Labute approximate surface area is 58.9 Å². The van der Waals surface area contributed by atoms with Crippen molar-refractivity contribution in [3.05, 3.63) is 16.4 Å². The molecule has 0 aliphatic carbocycles. The van der Waals surface area contributed by atoms with E-state index in [1.54, 1.807) is 5.18 Å². The molecule has 7 heteroatoms. The quantitative estimate of drug-likeness (QED) is 0.371. The van der Waals surface area contributed by atoms with E-state index < -0.39 is 23.9 Å². The fourth-order valence-electron chi connectivity index (χ4n) is 0.299. The molecule has 62 valence electrons. The number of carboxylic acid groups (broad SMARTS) is 1. The Morgan fingerprint density at radius 2 is 1.82 bits per heavy atom. The number of halogens is 2. The fourth-order valence-corrected chi connectivity index (χ4v) is 0.299. The maximum absolute atomic E-state index is 11.5. The second-order valence-corrected chi connectivity index (χ2v) is 1.43. The highest BCUT2D eigenvalue weighted by molar-refractivity contribution is 5.86. The van der Waals surface area contributed by atoms with Gasteiger partial charge in [0.15, 0.2) is 5.76 Å². The first kappa shape index (κ1) is 9.47. The molecular formula is C4H3F2NO4. The van der Waals surface area contributed by atoms with Crippen molar-refractivity contribution >= 4 is 5.97 Å². The second kappa shape index (κ2) is 3.59. The zero-order chi connectivity index (χ0) is 9.02. The SMILES string of the molecule is O=NC(C(=O)O)=C(O)C(F)F. The number of aliphatic hydroxyl groups is 1. The molecule has 0 bridgehead atoms. The van der Waals surface area contributed by atoms with Crippen molar-refractivity contribution in [3.8, 4) is 0 Å². The monoisotopic (exact) mass is 167 g/mol. The summed E-state index contributed by atoms with van der Waals surface area (Å²) in [7, 11) is 0. The molecule has 2 N–H and O–H groups in total. The van der Waals surface area contributed by atoms with E-state index in [2.05, 4.69) is 0 Å². The summed E-state index contributed by atoms with van der Waals surface area (Å²) < 4.78 is 22.9. The number of nitroso groups, excluding NO2 is 1. The maximum Gasteiger partial charge on any atom is 0.361 e. The van der Waals surface area contributed by atoms with Gasteiger partial charge in [-0.05, 0) is 5.18 Å². The molecule has 0 amide bonds. The second-order valence-electron chi connectivity index (χ2n) is 1.43. The number of aliphatic hydroxyl groups excluding tert-OH is 1. The molecule has 11 heavy (non-hydrogen) atoms. The average Bonchev–Trinajstić information content (AvgIpc) is 1.88. The van der Waals surface area contributed by atoms with Gasteiger partial charge in [-0.2, -0.15) is 0 Å². The number of aliphatic carboxylic acids is 1. The first-order valence-corrected chi connectivity index (χ1v) is 2.28. The Morgan fingerprint density at radius 1 is 1.36 bits per heavy atom. The number of rotatable bonds is 3. The van der Waals surface area contributed by atoms with Crippen LogP contribution in [0.4, 0.5) is 8.78 Å². The molecule has 0 aliphatic rings. The highest BCUT2D eigenvalue weighted by Gasteiger charge is 2.21. The molecule has 0 radical (unpaired) electrons. The molecular weight excluding hydrogens is 164 g/mol. The van der Waals surface area contributed by atoms with Crippen LogP contribution >= 0.6 is 0 Å². The van der Waals surface area contributed by atoms with Crippen molar-refractivity contribution < 1.29 is 23.8 Å². The number of carboxylic acids is 1. The minimum Gasteiger partial charge on any atom is -0.505 e. The third-order valence-electron chi connectivity index (χ3n) is 0.743. The summed E-state index contributed by atoms with van der Waals surface area (Å²) in [5.74, 6) is -3.81. The Balaban J connectivity index is 4.83. The zero-order valence-corrected chi connectivity index (χ0v) is 4.99. The van der Waals surface area contributed by atoms with Crippen LogP contribution in [0.2, 0.25) is 0 Å². The highest BCUT2D eigenvalue weighted by Crippen LogP contribution is 2.11. The molecule has 0 aromatic heterocycles. The van der Waals surface area contributed by atoms with Crippen LogP contribution < -0.4 is 0 Å². The number of carbonyl (C=O) groups is 1. The van der Waals surface area contributed by atoms with E-state index in [1.165, 1.54) is 0 Å². The van der Waals surface area contributed by atoms with Gasteiger partial charge in [-0.25, -0.2) is 13.6 Å². The third kappa shape index (κ3) is 2.28. The highest BCUT2D eigenvalue weighted by atomic mass is 19.3. The van der Waals surface area contributed by atoms with Crippen molar-refractivity contribution in [2.75, 3.05) is 0 Å². The van der Waals surface area contributed by atoms with Crippen LogP contribution in [-0.4, -0.2) is 22.6 Å². The Kier molecular flexibility index (Phi) is 3.09. The van der Waals surface area contributed by atoms with Crippen LogP contribution in [0.5, 0.6) is 0 Å². The lowest BCUT2D eigenvalue weighted by Gasteiger charge is -1.96. The van der Waals surface area contributed by atoms with Crippen LogP contribution in [0.1, 0.15) is 0 Å². The van der Waals surface area contributed by atoms with Crippen LogP contribution in [-0.2, 0) is 4.79 Å². The Bertz CT molecular complexity index is 212. The molecule has 0 aliphatic heterocycles. The number of nitrogens with zero attached hydrogens (tertiary/aromatic N) is 1. The van der Waals surface area contributed by atoms with Gasteiger partial charge >= 0.3 is 5.97 Å². The minimum atomic E-state index is -3.40. The largest absolute Gasteiger partial charge is 0.505 e. The van der Waals surface area contributed by atoms with E-state index in [0.29, 0.717) is 0 Å². The molecule has 0 aromatic carbocycles. The van der Waals surface area contributed by atoms with Crippen molar-refractivity contribution in [2.45, 2.75) is 6.43 Å². The molecule has 0 aromatic rings. The Morgan fingerprint density at radius 3 is 1.91 bits per heavy atom. The summed E-state index contributed by atoms with van der Waals surface area (Å²) in [5.41, 5.74) is -1.57. The van der Waals surface area contributed by atoms with Gasteiger partial charge in [-0.15, -0.1) is 4.91 Å². The summed E-state index contributed by atoms with van der Waals surface area (Å²) in [6.45, 7) is 0. The van der Waals surface area contributed by atoms with E-state index >= 15 is 0 Å². The maximum atomic E-state index is 11.5. The molecule has 0 atom stereocenters. The number of alkyl halides is 2. The van der Waals surface area contributed by atoms with Gasteiger partial charge in [-0.3, -0.25) is 0 Å². The zero-order valence-electron chi connectivity index (χ0n) is 4.99. The number of allylic oxidation sites excluding steroid dienone is 1. The van der Waals surface area contributed by atoms with Crippen LogP contribution in [0, 0.1) is 4.91 Å². The van der Waals surface area contributed by atoms with Gasteiger partial charge in [-0.1, -0.05) is 0 Å². The smallest absolute Gasteiger partial charge is 0.361 e. The van der Waals surface area contributed by atoms with Gasteiger partial charge in [0, 0.05) is 0 Å². The van der Waals surface area contributed by atoms with Gasteiger partial charge in [0.1, 0.15) is 0 Å². The molecule has 0 saturated carbocycles. The van der Waals surface area contributed by atoms with E-state index in [1.807, 2.05) is 0 Å². The lowest BCUT2D eigenvalue weighted by molar-refractivity contribution is -0.133. The molecule has 0 saturated heterocycles. The molecule has 0 unspecified atom stereocenters. The Hall–Kier alpha value is -1.53. The molecule has 0 spiro atoms. The normalized spacial score (nSPS) is 12.6. The number of hydrogen-bond acceptors (Lipinski definition) is 4. The van der Waals surface area contributed by atoms with Gasteiger partial charge < -0.3 is 10.2 Å². The van der Waals surface area contributed by atoms with Crippen LogP contribution in [0.15, 0.2) is 16.6 Å². The van der Waals surface area contributed by atoms with Crippen LogP contribution in [0.25, 0.3) is 0 Å². The first-order chi connectivity index (χ1) is 5.00. The van der Waals surface area contributed by atoms with E-state index in [4.69, 9.17) is 10.2 Å². The van der Waals surface area contributed by atoms with E-state index in [-0.39, 0.29) is 0 Å². The number of hydrogen-bond donors (Lipinski definition) is 2. The summed E-state index contributed by atoms with van der Waals surface area (Å²) in [4.78, 5) is 19.3. The lowest BCUT2D eigenvalue weighted by atomic mass is 10.4. The summed E-state index contributed by atoms with van der Waals surface area (Å²) >= 11 is 0. The van der Waals surface area contributed by atoms with Crippen molar-refractivity contribution in [2.24, 2.45) is 5.18 Å². The van der Waals surface area contributed by atoms with Gasteiger partial charge in [0.05, 0.1) is 0 Å². The first-order valence-electron chi connectivity index (χ1n) is 2.28. The minimum absolute atomic E-state index is 1.57. The summed E-state index contributed by atoms with van der Waals surface area (Å²) in [6.07, 6.45) is -3.40. The van der Waals surface area contributed by atoms with Crippen molar-refractivity contribution in [1.82, 2.24) is 0 Å². The standard InChI is InChI=1S/C4H3F2NO4/c5-3(6)2(8)1(7-11)4(9)10/h3,8H,(H,9,10). The summed E-state index contributed by atoms with van der Waals surface area (Å²) in [6, 6.07) is 0. The average molecular weight is 167 g/mol. The lowest BCUT2D eigenvalue weighted by Crippen LogP contribution is -2.07. The topological polar surface area (TPSA) is 87.0 Å². The van der Waals surface area contributed by atoms with Gasteiger partial charge in [0.25, 0.3) is 6.43 Å². The van der Waals surface area contributed by atoms with E-state index in [9.17, 15) is 18.5 Å². The van der Waals surface area contributed by atoms with E-state index in [0.717, 1.165) is 0 Å². The molecule has 5 nitrogen and oxygen atoms in total. The van der Waals surface area contributed by atoms with Crippen molar-refractivity contribution in [3.63, 3.8) is 0 Å². The van der Waals surface area contributed by atoms with Gasteiger partial charge in [0.2, 0.25) is 5.70 Å². The predicted octanol–water partition coefficient (Wildman–Crippen LogP) is 0.872. The molecule has 0 heterocycles. The third-order valence-corrected chi connectivity index (χ3v) is 0.743. The predicted molar refractivity (Wildman–Crippen MR) is 29.1 cm³/mol. The summed E-state index contributed by atoms with van der Waals surface area (Å²) in [5, 5.41) is 17.9. The fraction of sp³-hybridized carbons (Fsp3) is 0.250. The van der Waals surface area contributed by atoms with Crippen molar-refractivity contribution in [1.29, 1.82) is 0 Å². The molecule has 0 rings (SSSR count). The van der Waals surface area contributed by atoms with Crippen LogP contribution in [0.3, 0.4) is 0 Å².